The van der Waals surface area contributed by atoms with E-state index < -0.39 is 0 Å². The second kappa shape index (κ2) is 6.46. The van der Waals surface area contributed by atoms with E-state index in [1.165, 1.54) is 0 Å². The molecule has 20 heavy (non-hydrogen) atoms. The van der Waals surface area contributed by atoms with Crippen molar-refractivity contribution in [3.63, 3.8) is 0 Å². The first-order chi connectivity index (χ1) is 9.65. The van der Waals surface area contributed by atoms with E-state index in [1.54, 1.807) is 7.11 Å². The quantitative estimate of drug-likeness (QED) is 0.872. The Bertz CT molecular complexity index is 588. The average molecular weight is 275 g/mol. The number of nitrogens with one attached hydrogen (secondary N) is 1. The maximum Gasteiger partial charge on any atom is 0.220 e. The molecule has 0 spiro atoms. The van der Waals surface area contributed by atoms with E-state index in [2.05, 4.69) is 12.2 Å². The van der Waals surface area contributed by atoms with Gasteiger partial charge in [-0.2, -0.15) is 0 Å². The molecule has 4 nitrogen and oxygen atoms in total. The number of carbonyl (C=O) groups is 1. The number of rotatable bonds is 6. The summed E-state index contributed by atoms with van der Waals surface area (Å²) in [5.41, 5.74) is 0.722. The van der Waals surface area contributed by atoms with Crippen molar-refractivity contribution in [1.82, 2.24) is 5.32 Å². The van der Waals surface area contributed by atoms with Gasteiger partial charge in [-0.1, -0.05) is 25.5 Å². The van der Waals surface area contributed by atoms with Crippen molar-refractivity contribution >= 4 is 16.9 Å². The number of benzene rings is 1. The predicted molar refractivity (Wildman–Crippen MR) is 78.8 cm³/mol. The zero-order valence-corrected chi connectivity index (χ0v) is 12.2. The lowest BCUT2D eigenvalue weighted by molar-refractivity contribution is -0.121. The number of fused-ring (bicyclic) bond motifs is 1. The molecule has 4 heteroatoms. The number of para-hydroxylation sites is 1. The summed E-state index contributed by atoms with van der Waals surface area (Å²) in [6.07, 6.45) is 2.49. The zero-order chi connectivity index (χ0) is 14.5. The van der Waals surface area contributed by atoms with Crippen molar-refractivity contribution in [3.05, 3.63) is 30.0 Å². The number of hydrogen-bond donors (Lipinski definition) is 1. The molecule has 1 heterocycles. The molecule has 1 N–H and O–H groups in total. The second-order valence-electron chi connectivity index (χ2n) is 4.92. The first-order valence-electron chi connectivity index (χ1n) is 7.01. The fourth-order valence-corrected chi connectivity index (χ4v) is 2.15. The topological polar surface area (TPSA) is 51.5 Å². The van der Waals surface area contributed by atoms with Gasteiger partial charge in [0.05, 0.1) is 13.2 Å². The molecule has 0 radical (unpaired) electrons. The predicted octanol–water partition coefficient (Wildman–Crippen LogP) is 3.81. The van der Waals surface area contributed by atoms with Gasteiger partial charge in [-0.3, -0.25) is 4.79 Å². The van der Waals surface area contributed by atoms with Crippen LogP contribution in [0.1, 0.15) is 44.9 Å². The molecule has 0 aliphatic rings. The summed E-state index contributed by atoms with van der Waals surface area (Å²) in [4.78, 5) is 11.7. The van der Waals surface area contributed by atoms with E-state index >= 15 is 0 Å². The van der Waals surface area contributed by atoms with Crippen molar-refractivity contribution in [2.45, 2.75) is 39.2 Å². The summed E-state index contributed by atoms with van der Waals surface area (Å²) in [5.74, 6) is 1.51. The molecule has 0 aliphatic heterocycles. The van der Waals surface area contributed by atoms with Gasteiger partial charge in [0.2, 0.25) is 5.91 Å². The van der Waals surface area contributed by atoms with Crippen LogP contribution in [0.5, 0.6) is 5.75 Å². The highest BCUT2D eigenvalue weighted by atomic mass is 16.5. The van der Waals surface area contributed by atoms with Gasteiger partial charge in [-0.15, -0.1) is 0 Å². The van der Waals surface area contributed by atoms with Gasteiger partial charge in [-0.05, 0) is 25.5 Å². The van der Waals surface area contributed by atoms with Gasteiger partial charge in [0.15, 0.2) is 11.3 Å². The van der Waals surface area contributed by atoms with Crippen LogP contribution in [0.2, 0.25) is 0 Å². The molecular formula is C16H21NO3. The van der Waals surface area contributed by atoms with Crippen LogP contribution < -0.4 is 10.1 Å². The average Bonchev–Trinajstić information content (AvgIpc) is 2.89. The maximum atomic E-state index is 11.7. The third-order valence-electron chi connectivity index (χ3n) is 3.31. The SMILES string of the molecule is CCCCC(=O)N[C@@H](C)c1cc2cccc(OC)c2o1. The van der Waals surface area contributed by atoms with Crippen molar-refractivity contribution < 1.29 is 13.9 Å². The highest BCUT2D eigenvalue weighted by Crippen LogP contribution is 2.30. The first kappa shape index (κ1) is 14.4. The molecule has 0 aliphatic carbocycles. The summed E-state index contributed by atoms with van der Waals surface area (Å²) < 4.78 is 11.1. The Morgan fingerprint density at radius 3 is 2.95 bits per heavy atom. The van der Waals surface area contributed by atoms with Crippen molar-refractivity contribution in [1.29, 1.82) is 0 Å². The maximum absolute atomic E-state index is 11.7. The van der Waals surface area contributed by atoms with Gasteiger partial charge in [-0.25, -0.2) is 0 Å². The molecule has 0 saturated carbocycles. The largest absolute Gasteiger partial charge is 0.493 e. The Morgan fingerprint density at radius 1 is 1.45 bits per heavy atom. The monoisotopic (exact) mass is 275 g/mol. The van der Waals surface area contributed by atoms with E-state index in [0.29, 0.717) is 12.2 Å². The number of furan rings is 1. The smallest absolute Gasteiger partial charge is 0.220 e. The molecule has 108 valence electrons. The van der Waals surface area contributed by atoms with Crippen LogP contribution in [-0.2, 0) is 4.79 Å². The van der Waals surface area contributed by atoms with E-state index in [-0.39, 0.29) is 11.9 Å². The Kier molecular flexibility index (Phi) is 4.66. The molecule has 1 atom stereocenters. The van der Waals surface area contributed by atoms with Crippen LogP contribution in [0.4, 0.5) is 0 Å². The fourth-order valence-electron chi connectivity index (χ4n) is 2.15. The van der Waals surface area contributed by atoms with Gasteiger partial charge < -0.3 is 14.5 Å². The standard InChI is InChI=1S/C16H21NO3/c1-4-5-9-15(18)17-11(2)14-10-12-7-6-8-13(19-3)16(12)20-14/h6-8,10-11H,4-5,9H2,1-3H3,(H,17,18)/t11-/m0/s1. The molecule has 0 saturated heterocycles. The van der Waals surface area contributed by atoms with Crippen LogP contribution >= 0.6 is 0 Å². The highest BCUT2D eigenvalue weighted by molar-refractivity contribution is 5.84. The zero-order valence-electron chi connectivity index (χ0n) is 12.2. The molecule has 1 aromatic heterocycles. The number of hydrogen-bond acceptors (Lipinski definition) is 3. The van der Waals surface area contributed by atoms with Gasteiger partial charge in [0, 0.05) is 11.8 Å². The fraction of sp³-hybridized carbons (Fsp3) is 0.438. The number of methoxy groups -OCH3 is 1. The number of ether oxygens (including phenoxy) is 1. The lowest BCUT2D eigenvalue weighted by Gasteiger charge is -2.10. The van der Waals surface area contributed by atoms with Crippen LogP contribution in [0, 0.1) is 0 Å². The van der Waals surface area contributed by atoms with Gasteiger partial charge in [0.1, 0.15) is 5.76 Å². The van der Waals surface area contributed by atoms with Gasteiger partial charge in [0.25, 0.3) is 0 Å². The molecule has 2 aromatic rings. The van der Waals surface area contributed by atoms with Crippen LogP contribution in [0.15, 0.2) is 28.7 Å². The minimum Gasteiger partial charge on any atom is -0.493 e. The molecular weight excluding hydrogens is 254 g/mol. The van der Waals surface area contributed by atoms with Crippen LogP contribution in [-0.4, -0.2) is 13.0 Å². The summed E-state index contributed by atoms with van der Waals surface area (Å²) in [5, 5.41) is 3.94. The third-order valence-corrected chi connectivity index (χ3v) is 3.31. The number of carbonyl (C=O) groups excluding carboxylic acids is 1. The highest BCUT2D eigenvalue weighted by Gasteiger charge is 2.15. The van der Waals surface area contributed by atoms with Crippen LogP contribution in [0.3, 0.4) is 0 Å². The second-order valence-corrected chi connectivity index (χ2v) is 4.92. The summed E-state index contributed by atoms with van der Waals surface area (Å²) in [6.45, 7) is 4.00. The Balaban J connectivity index is 2.14. The Morgan fingerprint density at radius 2 is 2.25 bits per heavy atom. The molecule has 0 fully saturated rings. The number of amides is 1. The summed E-state index contributed by atoms with van der Waals surface area (Å²) in [7, 11) is 1.62. The minimum atomic E-state index is -0.142. The molecule has 1 aromatic carbocycles. The third kappa shape index (κ3) is 3.13. The van der Waals surface area contributed by atoms with Crippen molar-refractivity contribution in [2.75, 3.05) is 7.11 Å². The normalized spacial score (nSPS) is 12.3. The molecule has 2 rings (SSSR count). The lowest BCUT2D eigenvalue weighted by Crippen LogP contribution is -2.25. The molecule has 0 bridgehead atoms. The molecule has 0 unspecified atom stereocenters. The van der Waals surface area contributed by atoms with Crippen molar-refractivity contribution in [3.8, 4) is 5.75 Å². The number of unbranched alkanes of at least 4 members (excludes halogenated alkanes) is 1. The van der Waals surface area contributed by atoms with E-state index in [4.69, 9.17) is 9.15 Å². The summed E-state index contributed by atoms with van der Waals surface area (Å²) in [6, 6.07) is 7.56. The van der Waals surface area contributed by atoms with Gasteiger partial charge >= 0.3 is 0 Å². The first-order valence-corrected chi connectivity index (χ1v) is 7.01. The van der Waals surface area contributed by atoms with E-state index in [0.717, 1.165) is 29.6 Å². The Labute approximate surface area is 119 Å². The Hall–Kier alpha value is -1.97. The van der Waals surface area contributed by atoms with Crippen molar-refractivity contribution in [2.24, 2.45) is 0 Å². The summed E-state index contributed by atoms with van der Waals surface area (Å²) >= 11 is 0. The minimum absolute atomic E-state index is 0.0618. The van der Waals surface area contributed by atoms with E-state index in [1.807, 2.05) is 31.2 Å². The van der Waals surface area contributed by atoms with E-state index in [9.17, 15) is 4.79 Å². The lowest BCUT2D eigenvalue weighted by atomic mass is 10.2. The molecule has 1 amide bonds. The van der Waals surface area contributed by atoms with Crippen LogP contribution in [0.25, 0.3) is 11.0 Å².